The molecule has 0 saturated carbocycles. The van der Waals surface area contributed by atoms with Crippen LogP contribution in [0, 0.1) is 23.0 Å². The lowest BCUT2D eigenvalue weighted by atomic mass is 9.78. The molecule has 3 rings (SSSR count). The van der Waals surface area contributed by atoms with Crippen molar-refractivity contribution in [3.05, 3.63) is 29.8 Å². The van der Waals surface area contributed by atoms with E-state index in [-0.39, 0.29) is 47.2 Å². The summed E-state index contributed by atoms with van der Waals surface area (Å²) >= 11 is 0. The van der Waals surface area contributed by atoms with Crippen molar-refractivity contribution in [2.75, 3.05) is 38.2 Å². The molecule has 1 aromatic carbocycles. The molecule has 3 atom stereocenters. The van der Waals surface area contributed by atoms with Gasteiger partial charge < -0.3 is 20.3 Å². The Balaban J connectivity index is 0.00000320. The fourth-order valence-corrected chi connectivity index (χ4v) is 4.50. The molecule has 0 amide bonds. The van der Waals surface area contributed by atoms with E-state index in [0.717, 1.165) is 38.4 Å². The largest absolute Gasteiger partial charge is 0.377 e. The number of rotatable bonds is 4. The summed E-state index contributed by atoms with van der Waals surface area (Å²) in [6.45, 7) is 9.43. The second-order valence-electron chi connectivity index (χ2n) is 9.16. The Bertz CT molecular complexity index is 705. The zero-order chi connectivity index (χ0) is 21.0. The Hall–Kier alpha value is -1.16. The molecule has 5 nitrogen and oxygen atoms in total. The van der Waals surface area contributed by atoms with Crippen LogP contribution in [0.15, 0.2) is 23.2 Å². The first-order chi connectivity index (χ1) is 13.8. The normalized spacial score (nSPS) is 25.1. The predicted molar refractivity (Wildman–Crippen MR) is 129 cm³/mol. The van der Waals surface area contributed by atoms with E-state index < -0.39 is 11.6 Å². The van der Waals surface area contributed by atoms with Crippen LogP contribution >= 0.6 is 24.0 Å². The molecule has 2 saturated heterocycles. The van der Waals surface area contributed by atoms with Crippen molar-refractivity contribution in [1.82, 2.24) is 10.6 Å². The van der Waals surface area contributed by atoms with Crippen LogP contribution in [0.2, 0.25) is 0 Å². The second kappa shape index (κ2) is 10.9. The monoisotopic (exact) mass is 536 g/mol. The minimum atomic E-state index is -0.515. The summed E-state index contributed by atoms with van der Waals surface area (Å²) in [7, 11) is 1.75. The number of para-hydroxylation sites is 1. The molecule has 2 aliphatic rings. The zero-order valence-electron chi connectivity index (χ0n) is 18.4. The van der Waals surface area contributed by atoms with E-state index in [1.54, 1.807) is 11.9 Å². The van der Waals surface area contributed by atoms with Crippen molar-refractivity contribution in [1.29, 1.82) is 0 Å². The molecule has 2 heterocycles. The lowest BCUT2D eigenvalue weighted by Gasteiger charge is -2.40. The Labute approximate surface area is 196 Å². The van der Waals surface area contributed by atoms with E-state index in [2.05, 4.69) is 36.4 Å². The van der Waals surface area contributed by atoms with Crippen LogP contribution < -0.4 is 15.5 Å². The van der Waals surface area contributed by atoms with Crippen molar-refractivity contribution in [2.45, 2.75) is 52.2 Å². The van der Waals surface area contributed by atoms with Crippen LogP contribution in [-0.2, 0) is 4.74 Å². The molecular formula is C22H35F2IN4O. The van der Waals surface area contributed by atoms with E-state index in [9.17, 15) is 8.78 Å². The lowest BCUT2D eigenvalue weighted by Crippen LogP contribution is -2.49. The van der Waals surface area contributed by atoms with Crippen molar-refractivity contribution in [3.8, 4) is 0 Å². The molecule has 2 N–H and O–H groups in total. The summed E-state index contributed by atoms with van der Waals surface area (Å²) in [5, 5.41) is 6.85. The van der Waals surface area contributed by atoms with E-state index in [1.807, 2.05) is 0 Å². The number of ether oxygens (including phenoxy) is 1. The van der Waals surface area contributed by atoms with E-state index >= 15 is 0 Å². The number of nitrogens with one attached hydrogen (secondary N) is 2. The smallest absolute Gasteiger partial charge is 0.191 e. The summed E-state index contributed by atoms with van der Waals surface area (Å²) in [6, 6.07) is 4.09. The first kappa shape index (κ1) is 25.1. The molecule has 0 spiro atoms. The molecule has 0 bridgehead atoms. The van der Waals surface area contributed by atoms with Gasteiger partial charge in [0.15, 0.2) is 5.96 Å². The number of benzene rings is 1. The molecule has 0 aliphatic carbocycles. The second-order valence-corrected chi connectivity index (χ2v) is 9.16. The van der Waals surface area contributed by atoms with Crippen molar-refractivity contribution in [3.63, 3.8) is 0 Å². The average molecular weight is 536 g/mol. The molecule has 2 aliphatic heterocycles. The van der Waals surface area contributed by atoms with Gasteiger partial charge in [-0.3, -0.25) is 4.99 Å². The number of hydrogen-bond acceptors (Lipinski definition) is 3. The molecule has 3 unspecified atom stereocenters. The third kappa shape index (κ3) is 6.18. The minimum absolute atomic E-state index is 0. The van der Waals surface area contributed by atoms with Gasteiger partial charge in [0.05, 0.1) is 6.10 Å². The molecule has 8 heteroatoms. The molecule has 0 aromatic heterocycles. The van der Waals surface area contributed by atoms with Crippen molar-refractivity contribution in [2.24, 2.45) is 16.3 Å². The van der Waals surface area contributed by atoms with E-state index in [4.69, 9.17) is 4.74 Å². The molecule has 1 aromatic rings. The van der Waals surface area contributed by atoms with Gasteiger partial charge >= 0.3 is 0 Å². The van der Waals surface area contributed by atoms with Crippen LogP contribution in [0.25, 0.3) is 0 Å². The highest BCUT2D eigenvalue weighted by atomic mass is 127. The fourth-order valence-electron chi connectivity index (χ4n) is 4.50. The summed E-state index contributed by atoms with van der Waals surface area (Å²) in [4.78, 5) is 6.11. The van der Waals surface area contributed by atoms with Gasteiger partial charge in [-0.05, 0) is 36.8 Å². The summed E-state index contributed by atoms with van der Waals surface area (Å²) in [5.74, 6) is 0.122. The van der Waals surface area contributed by atoms with Gasteiger partial charge in [-0.2, -0.15) is 0 Å². The maximum atomic E-state index is 14.1. The maximum absolute atomic E-state index is 14.1. The summed E-state index contributed by atoms with van der Waals surface area (Å²) < 4.78 is 34.2. The zero-order valence-corrected chi connectivity index (χ0v) is 20.7. The van der Waals surface area contributed by atoms with Crippen LogP contribution in [0.5, 0.6) is 0 Å². The Morgan fingerprint density at radius 1 is 1.23 bits per heavy atom. The van der Waals surface area contributed by atoms with Gasteiger partial charge in [-0.15, -0.1) is 24.0 Å². The van der Waals surface area contributed by atoms with Crippen LogP contribution in [-0.4, -0.2) is 51.4 Å². The lowest BCUT2D eigenvalue weighted by molar-refractivity contribution is -0.0835. The number of anilines is 1. The highest BCUT2D eigenvalue weighted by molar-refractivity contribution is 14.0. The number of halogens is 3. The van der Waals surface area contributed by atoms with Gasteiger partial charge in [0.25, 0.3) is 0 Å². The molecular weight excluding hydrogens is 501 g/mol. The molecule has 30 heavy (non-hydrogen) atoms. The number of guanidine groups is 1. The van der Waals surface area contributed by atoms with E-state index in [0.29, 0.717) is 19.0 Å². The van der Waals surface area contributed by atoms with Crippen molar-refractivity contribution >= 4 is 35.6 Å². The van der Waals surface area contributed by atoms with Crippen LogP contribution in [0.1, 0.15) is 40.0 Å². The predicted octanol–water partition coefficient (Wildman–Crippen LogP) is 4.17. The summed E-state index contributed by atoms with van der Waals surface area (Å²) in [5.41, 5.74) is 0.159. The van der Waals surface area contributed by atoms with E-state index in [1.165, 1.54) is 18.2 Å². The quantitative estimate of drug-likeness (QED) is 0.345. The maximum Gasteiger partial charge on any atom is 0.191 e. The fraction of sp³-hybridized carbons (Fsp3) is 0.682. The minimum Gasteiger partial charge on any atom is -0.377 e. The van der Waals surface area contributed by atoms with Gasteiger partial charge in [0.1, 0.15) is 17.3 Å². The topological polar surface area (TPSA) is 48.9 Å². The molecule has 170 valence electrons. The third-order valence-corrected chi connectivity index (χ3v) is 5.84. The molecule has 0 radical (unpaired) electrons. The van der Waals surface area contributed by atoms with Gasteiger partial charge in [0, 0.05) is 45.2 Å². The SMILES string of the molecule is CN=C(NCC1CCCOC1C(C)(C)C)NC1CCN(c2c(F)cccc2F)C1.I. The highest BCUT2D eigenvalue weighted by Crippen LogP contribution is 2.33. The summed E-state index contributed by atoms with van der Waals surface area (Å²) in [6.07, 6.45) is 3.23. The van der Waals surface area contributed by atoms with Crippen LogP contribution in [0.4, 0.5) is 14.5 Å². The number of nitrogens with zero attached hydrogens (tertiary/aromatic N) is 2. The average Bonchev–Trinajstić information content (AvgIpc) is 3.12. The highest BCUT2D eigenvalue weighted by Gasteiger charge is 2.35. The third-order valence-electron chi connectivity index (χ3n) is 5.84. The Morgan fingerprint density at radius 2 is 1.93 bits per heavy atom. The molecule has 2 fully saturated rings. The van der Waals surface area contributed by atoms with Gasteiger partial charge in [0.2, 0.25) is 0 Å². The number of aliphatic imine (C=N–C) groups is 1. The van der Waals surface area contributed by atoms with Crippen molar-refractivity contribution < 1.29 is 13.5 Å². The standard InChI is InChI=1S/C22H34F2N4O.HI/c1-22(2,3)20-15(7-6-12-29-20)13-26-21(25-4)27-16-10-11-28(14-16)19-17(23)8-5-9-18(19)24;/h5,8-9,15-16,20H,6-7,10-14H2,1-4H3,(H2,25,26,27);1H. The number of hydrogen-bond donors (Lipinski definition) is 2. The van der Waals surface area contributed by atoms with Gasteiger partial charge in [-0.25, -0.2) is 8.78 Å². The first-order valence-corrected chi connectivity index (χ1v) is 10.6. The van der Waals surface area contributed by atoms with Crippen LogP contribution in [0.3, 0.4) is 0 Å². The Kier molecular flexibility index (Phi) is 9.14. The van der Waals surface area contributed by atoms with Gasteiger partial charge in [-0.1, -0.05) is 26.8 Å². The first-order valence-electron chi connectivity index (χ1n) is 10.6. The Morgan fingerprint density at radius 3 is 2.57 bits per heavy atom.